The van der Waals surface area contributed by atoms with Crippen molar-refractivity contribution in [2.24, 2.45) is 4.99 Å². The number of aryl methyl sites for hydroxylation is 1. The van der Waals surface area contributed by atoms with Crippen molar-refractivity contribution >= 4 is 38.8 Å². The van der Waals surface area contributed by atoms with Crippen molar-refractivity contribution in [1.82, 2.24) is 15.3 Å². The molecule has 1 unspecified atom stereocenters. The van der Waals surface area contributed by atoms with Crippen molar-refractivity contribution in [3.63, 3.8) is 0 Å². The molecule has 1 aliphatic heterocycles. The molecule has 0 radical (unpaired) electrons. The quantitative estimate of drug-likeness (QED) is 0.165. The van der Waals surface area contributed by atoms with E-state index in [1.54, 1.807) is 0 Å². The van der Waals surface area contributed by atoms with E-state index in [2.05, 4.69) is 207 Å². The minimum absolute atomic E-state index is 0.680. The average Bonchev–Trinajstić information content (AvgIpc) is 3.29. The van der Waals surface area contributed by atoms with Gasteiger partial charge in [0.1, 0.15) is 0 Å². The van der Waals surface area contributed by atoms with E-state index in [4.69, 9.17) is 15.0 Å². The second-order valence-electron chi connectivity index (χ2n) is 15.4. The number of rotatable bonds is 7. The molecule has 3 heterocycles. The standard InChI is InChI=1S/C54H42N4/c1-36-33-48(40-15-8-4-9-16-40)47-31-27-43-28-32-49(56-52(43)53(47)55-36)42-23-21-39(22-24-42)44-19-12-20-45(34-44)51-35-50(41-17-10-5-11-18-41)57-54(2,58-51)46-29-25-38(26-30-46)37-13-6-3-7-14-37/h3,5-8,10-35,57H,4,9H2,1-2H3. The smallest absolute Gasteiger partial charge is 0.153 e. The first-order valence-corrected chi connectivity index (χ1v) is 20.1. The number of benzene rings is 6. The highest BCUT2D eigenvalue weighted by atomic mass is 15.2. The van der Waals surface area contributed by atoms with Crippen LogP contribution >= 0.6 is 0 Å². The molecule has 2 aliphatic rings. The monoisotopic (exact) mass is 746 g/mol. The lowest BCUT2D eigenvalue weighted by molar-refractivity contribution is 0.447. The Morgan fingerprint density at radius 2 is 1.21 bits per heavy atom. The summed E-state index contributed by atoms with van der Waals surface area (Å²) in [6, 6.07) is 58.1. The number of fused-ring (bicyclic) bond motifs is 3. The molecule has 0 amide bonds. The lowest BCUT2D eigenvalue weighted by Gasteiger charge is -2.34. The molecule has 8 aromatic rings. The van der Waals surface area contributed by atoms with Crippen LogP contribution in [0.25, 0.3) is 66.6 Å². The first kappa shape index (κ1) is 35.3. The van der Waals surface area contributed by atoms with Crippen molar-refractivity contribution < 1.29 is 0 Å². The van der Waals surface area contributed by atoms with Gasteiger partial charge in [-0.25, -0.2) is 4.98 Å². The highest BCUT2D eigenvalue weighted by Gasteiger charge is 2.31. The van der Waals surface area contributed by atoms with Gasteiger partial charge in [0.15, 0.2) is 5.66 Å². The number of pyridine rings is 2. The molecule has 4 nitrogen and oxygen atoms in total. The summed E-state index contributed by atoms with van der Waals surface area (Å²) in [5.41, 5.74) is 16.6. The van der Waals surface area contributed by atoms with Crippen LogP contribution in [0.4, 0.5) is 0 Å². The Labute approximate surface area is 339 Å². The zero-order valence-corrected chi connectivity index (χ0v) is 32.7. The van der Waals surface area contributed by atoms with Crippen molar-refractivity contribution in [3.05, 3.63) is 216 Å². The maximum absolute atomic E-state index is 5.41. The normalized spacial score (nSPS) is 16.4. The summed E-state index contributed by atoms with van der Waals surface area (Å²) in [6.07, 6.45) is 11.2. The van der Waals surface area contributed by atoms with Crippen LogP contribution in [-0.2, 0) is 5.66 Å². The number of hydrogen-bond donors (Lipinski definition) is 1. The molecule has 6 aromatic carbocycles. The number of aromatic nitrogens is 2. The van der Waals surface area contributed by atoms with Gasteiger partial charge in [-0.15, -0.1) is 0 Å². The first-order valence-electron chi connectivity index (χ1n) is 20.1. The molecule has 0 saturated carbocycles. The van der Waals surface area contributed by atoms with Gasteiger partial charge < -0.3 is 5.32 Å². The molecule has 4 heteroatoms. The Morgan fingerprint density at radius 1 is 0.552 bits per heavy atom. The second kappa shape index (κ2) is 14.7. The van der Waals surface area contributed by atoms with E-state index >= 15 is 0 Å². The predicted molar refractivity (Wildman–Crippen MR) is 242 cm³/mol. The van der Waals surface area contributed by atoms with Crippen LogP contribution in [0.5, 0.6) is 0 Å². The van der Waals surface area contributed by atoms with Gasteiger partial charge in [0.2, 0.25) is 0 Å². The van der Waals surface area contributed by atoms with Crippen LogP contribution < -0.4 is 5.32 Å². The van der Waals surface area contributed by atoms with E-state index in [1.807, 2.05) is 0 Å². The van der Waals surface area contributed by atoms with Crippen LogP contribution in [-0.4, -0.2) is 15.7 Å². The summed E-state index contributed by atoms with van der Waals surface area (Å²) in [4.78, 5) is 15.7. The van der Waals surface area contributed by atoms with Crippen molar-refractivity contribution in [2.75, 3.05) is 0 Å². The molecular formula is C54H42N4. The lowest BCUT2D eigenvalue weighted by atomic mass is 9.93. The number of aliphatic imine (C=N–C) groups is 1. The summed E-state index contributed by atoms with van der Waals surface area (Å²) >= 11 is 0. The molecule has 0 spiro atoms. The van der Waals surface area contributed by atoms with Crippen LogP contribution in [0.2, 0.25) is 0 Å². The van der Waals surface area contributed by atoms with Gasteiger partial charge in [-0.3, -0.25) is 9.98 Å². The first-order chi connectivity index (χ1) is 28.5. The van der Waals surface area contributed by atoms with Crippen molar-refractivity contribution in [3.8, 4) is 33.5 Å². The summed E-state index contributed by atoms with van der Waals surface area (Å²) in [5, 5.41) is 6.02. The zero-order valence-electron chi connectivity index (χ0n) is 32.7. The third-order valence-electron chi connectivity index (χ3n) is 11.4. The van der Waals surface area contributed by atoms with E-state index in [0.29, 0.717) is 0 Å². The highest BCUT2D eigenvalue weighted by Crippen LogP contribution is 2.36. The average molecular weight is 747 g/mol. The summed E-state index contributed by atoms with van der Waals surface area (Å²) in [7, 11) is 0. The second-order valence-corrected chi connectivity index (χ2v) is 15.4. The van der Waals surface area contributed by atoms with Gasteiger partial charge in [0, 0.05) is 33.3 Å². The molecule has 0 bridgehead atoms. The van der Waals surface area contributed by atoms with Gasteiger partial charge in [0.25, 0.3) is 0 Å². The predicted octanol–water partition coefficient (Wildman–Crippen LogP) is 13.1. The topological polar surface area (TPSA) is 50.2 Å². The Balaban J connectivity index is 0.982. The fourth-order valence-corrected chi connectivity index (χ4v) is 8.32. The maximum Gasteiger partial charge on any atom is 0.153 e. The Hall–Kier alpha value is -7.17. The van der Waals surface area contributed by atoms with Gasteiger partial charge in [-0.05, 0) is 95.5 Å². The third kappa shape index (κ3) is 6.73. The molecule has 58 heavy (non-hydrogen) atoms. The number of nitrogens with zero attached hydrogens (tertiary/aromatic N) is 3. The molecule has 1 N–H and O–H groups in total. The largest absolute Gasteiger partial charge is 0.357 e. The molecule has 0 fully saturated rings. The van der Waals surface area contributed by atoms with Crippen LogP contribution in [0.15, 0.2) is 193 Å². The van der Waals surface area contributed by atoms with E-state index in [-0.39, 0.29) is 0 Å². The van der Waals surface area contributed by atoms with E-state index in [1.165, 1.54) is 22.3 Å². The molecule has 1 atom stereocenters. The molecule has 278 valence electrons. The summed E-state index contributed by atoms with van der Waals surface area (Å²) < 4.78 is 0. The molecular weight excluding hydrogens is 705 g/mol. The molecule has 2 aromatic heterocycles. The summed E-state index contributed by atoms with van der Waals surface area (Å²) in [5.74, 6) is 0. The van der Waals surface area contributed by atoms with Gasteiger partial charge in [-0.1, -0.05) is 164 Å². The fourth-order valence-electron chi connectivity index (χ4n) is 8.32. The third-order valence-corrected chi connectivity index (χ3v) is 11.4. The van der Waals surface area contributed by atoms with Gasteiger partial charge in [-0.2, -0.15) is 0 Å². The molecule has 10 rings (SSSR count). The minimum atomic E-state index is -0.680. The Morgan fingerprint density at radius 3 is 1.97 bits per heavy atom. The van der Waals surface area contributed by atoms with Gasteiger partial charge in [0.05, 0.1) is 22.4 Å². The van der Waals surface area contributed by atoms with Crippen LogP contribution in [0.1, 0.15) is 47.7 Å². The zero-order chi connectivity index (χ0) is 39.1. The van der Waals surface area contributed by atoms with E-state index in [0.717, 1.165) is 90.8 Å². The van der Waals surface area contributed by atoms with Crippen molar-refractivity contribution in [1.29, 1.82) is 0 Å². The number of nitrogens with one attached hydrogen (secondary N) is 1. The molecule has 0 saturated heterocycles. The van der Waals surface area contributed by atoms with Gasteiger partial charge >= 0.3 is 0 Å². The van der Waals surface area contributed by atoms with Crippen molar-refractivity contribution in [2.45, 2.75) is 32.4 Å². The van der Waals surface area contributed by atoms with Crippen LogP contribution in [0, 0.1) is 6.92 Å². The SMILES string of the molecule is Cc1cc(C2=CCCC=C2)c2ccc3ccc(-c4ccc(-c5cccc(C6=NC(C)(c7ccc(-c8ccccc8)cc7)NC(c7ccccc7)=C6)c5)cc4)nc3c2n1. The lowest BCUT2D eigenvalue weighted by Crippen LogP contribution is -2.40. The van der Waals surface area contributed by atoms with E-state index < -0.39 is 5.66 Å². The maximum atomic E-state index is 5.41. The number of allylic oxidation sites excluding steroid dienone is 5. The Bertz CT molecular complexity index is 2960. The highest BCUT2D eigenvalue weighted by molar-refractivity contribution is 6.14. The summed E-state index contributed by atoms with van der Waals surface area (Å²) in [6.45, 7) is 4.24. The van der Waals surface area contributed by atoms with E-state index in [9.17, 15) is 0 Å². The van der Waals surface area contributed by atoms with Crippen LogP contribution in [0.3, 0.4) is 0 Å². The fraction of sp³-hybridized carbons (Fsp3) is 0.0926. The number of hydrogen-bond acceptors (Lipinski definition) is 4. The Kier molecular flexibility index (Phi) is 8.95. The minimum Gasteiger partial charge on any atom is -0.357 e. The molecule has 1 aliphatic carbocycles.